The van der Waals surface area contributed by atoms with Gasteiger partial charge in [0.1, 0.15) is 88.6 Å². The smallest absolute Gasteiger partial charge is 0.409 e. The summed E-state index contributed by atoms with van der Waals surface area (Å²) in [6.45, 7) is 7.86. The molecule has 0 unspecified atom stereocenters. The van der Waals surface area contributed by atoms with Crippen molar-refractivity contribution in [2.45, 2.75) is 310 Å². The molecule has 804 valence electrons. The summed E-state index contributed by atoms with van der Waals surface area (Å²) < 4.78 is 6.73. The number of thiophene rings is 2. The van der Waals surface area contributed by atoms with Gasteiger partial charge in [-0.25, -0.2) is 9.59 Å². The third-order valence-corrected chi connectivity index (χ3v) is 29.5. The van der Waals surface area contributed by atoms with Crippen molar-refractivity contribution in [2.24, 2.45) is 11.1 Å². The van der Waals surface area contributed by atoms with Gasteiger partial charge in [0.25, 0.3) is 0 Å². The Morgan fingerprint density at radius 3 is 1.70 bits per heavy atom. The van der Waals surface area contributed by atoms with E-state index in [2.05, 4.69) is 79.8 Å². The summed E-state index contributed by atoms with van der Waals surface area (Å²) in [5.41, 5.74) is -1.84. The highest BCUT2D eigenvalue weighted by Gasteiger charge is 2.54. The molecule has 5 aliphatic heterocycles. The lowest BCUT2D eigenvalue weighted by Gasteiger charge is -2.38. The molecule has 43 nitrogen and oxygen atoms in total. The fourth-order valence-corrected chi connectivity index (χ4v) is 21.2. The number of aliphatic carboxylic acids is 2. The van der Waals surface area contributed by atoms with Gasteiger partial charge in [-0.15, -0.1) is 11.3 Å². The summed E-state index contributed by atoms with van der Waals surface area (Å²) in [6, 6.07) is 4.12. The Morgan fingerprint density at radius 1 is 0.510 bits per heavy atom. The highest BCUT2D eigenvalue weighted by atomic mass is 32.1. The minimum absolute atomic E-state index is 0.00320. The van der Waals surface area contributed by atoms with Crippen LogP contribution < -0.4 is 85.5 Å². The highest BCUT2D eigenvalue weighted by molar-refractivity contribution is 7.17. The normalized spacial score (nSPS) is 26.9. The number of carbonyl (C=O) groups excluding carboxylic acids is 18. The Bertz CT molecular complexity index is 5820. The minimum atomic E-state index is -2.22. The summed E-state index contributed by atoms with van der Waals surface area (Å²) in [5, 5.41) is 78.0. The van der Waals surface area contributed by atoms with E-state index in [0.29, 0.717) is 23.1 Å². The van der Waals surface area contributed by atoms with Crippen molar-refractivity contribution >= 4 is 157 Å². The number of ether oxygens (including phenoxy) is 1. The molecule has 7 heterocycles. The number of hydrogen-bond donors (Lipinski definition) is 19. The number of nitrogens with one attached hydrogen (secondary N) is 15. The fraction of sp³-hybridized carbons (Fsp3) is 0.529. The van der Waals surface area contributed by atoms with Gasteiger partial charge in [-0.05, 0) is 209 Å². The van der Waals surface area contributed by atoms with Crippen LogP contribution in [0.4, 0.5) is 4.79 Å². The lowest BCUT2D eigenvalue weighted by atomic mass is 9.83. The van der Waals surface area contributed by atoms with Gasteiger partial charge in [-0.2, -0.15) is 11.3 Å². The van der Waals surface area contributed by atoms with Gasteiger partial charge in [0.2, 0.25) is 100 Å². The Kier molecular flexibility index (Phi) is 40.7. The number of aromatic carboxylic acids is 1. The van der Waals surface area contributed by atoms with Gasteiger partial charge in [0.05, 0.1) is 31.6 Å². The standard InChI is InChI=1S/C104H136N18O25S2/c1-61(83(105)129)107-85(131)71-35-36-80(124)106-45-24-18-33-70-91(137)120-103(97(144)115-73(53-66-37-49-148-58-66)87(133)113-75(88(134)110-71)54-68-59-149-79-34-17-16-32-69(68)79)44-47-121(60-103)99(146)147-48-25-12-8-7-9-19-38-102(39-20-10-11-21-42-104(43-27-46-122(104)63(3)123)98(145)117-77(56-82(127)128)90(136)114-78(93(139)119-102)57-100(4,5)6)96(143)116-76(55-81(125)126)89(135)112-74(52-65-30-26-31-67(50-65)94(140)141)92(138)118-101(40-22-23-41-101)95(142)108-62(2)84(130)111-72(86(132)109-70)51-64-28-14-13-15-29-64/h7-8,11,13-17,21,26,28-32,34,37,49-50,58-59,61-62,70-78H,9-10,12,18-20,22-25,27,33,35-36,38-48,51-57,60H2,1-6H3,(H2,105,129)(H,106,124)(H,107,131)(H,108,142)(H,109,132)(H,110,134)(H,111,130)(H,112,135)(H,113,133)(H,114,136)(H,115,144)(H,116,143)(H,117,145)(H,118,138)(H,119,139)(H,120,137)(H,125,126)(H,127,128)(H,140,141)/b8-7-,21-11+/t61-,62-,70-,71-,72-,73-,74-,75-,76-,77-,78-,102-,103-,104-/m0/s1. The third kappa shape index (κ3) is 32.0. The molecule has 45 heteroatoms. The van der Waals surface area contributed by atoms with Crippen molar-refractivity contribution in [1.82, 2.24) is 89.6 Å². The Labute approximate surface area is 869 Å². The summed E-state index contributed by atoms with van der Waals surface area (Å²) in [6.07, 6.45) is 1.34. The second-order valence-corrected chi connectivity index (χ2v) is 42.1. The van der Waals surface area contributed by atoms with E-state index in [4.69, 9.17) is 10.5 Å². The van der Waals surface area contributed by atoms with Gasteiger partial charge in [-0.3, -0.25) is 91.1 Å². The van der Waals surface area contributed by atoms with E-state index >= 15 is 52.7 Å². The Hall–Kier alpha value is -14.5. The van der Waals surface area contributed by atoms with E-state index in [1.807, 2.05) is 18.2 Å². The number of cyclic esters (lactones) is 1. The topological polar surface area (TPSA) is 641 Å². The first-order valence-corrected chi connectivity index (χ1v) is 52.3. The number of primary amides is 1. The maximum atomic E-state index is 16.2. The van der Waals surface area contributed by atoms with Crippen molar-refractivity contribution in [3.05, 3.63) is 153 Å². The van der Waals surface area contributed by atoms with Crippen molar-refractivity contribution < 1.29 is 121 Å². The maximum absolute atomic E-state index is 16.2. The molecule has 2 aromatic heterocycles. The average molecular weight is 2100 g/mol. The molecule has 149 heavy (non-hydrogen) atoms. The molecule has 3 saturated heterocycles. The van der Waals surface area contributed by atoms with Crippen LogP contribution >= 0.6 is 22.7 Å². The van der Waals surface area contributed by atoms with Crippen LogP contribution in [0.2, 0.25) is 0 Å². The van der Waals surface area contributed by atoms with Crippen molar-refractivity contribution in [3.63, 3.8) is 0 Å². The average Bonchev–Trinajstić information content (AvgIpc) is 1.66. The van der Waals surface area contributed by atoms with Gasteiger partial charge in [0, 0.05) is 63.4 Å². The Balaban J connectivity index is 0.985. The number of hydrogen-bond acceptors (Lipinski definition) is 24. The zero-order valence-corrected chi connectivity index (χ0v) is 86.1. The molecule has 11 rings (SSSR count). The number of fused-ring (bicyclic) bond motifs is 4. The number of allylic oxidation sites excluding steroid dienone is 3. The second kappa shape index (κ2) is 52.9. The molecule has 3 bridgehead atoms. The summed E-state index contributed by atoms with van der Waals surface area (Å²) in [5.74, 6) is -21.0. The predicted octanol–water partition coefficient (Wildman–Crippen LogP) is 3.27. The Morgan fingerprint density at radius 2 is 1.05 bits per heavy atom. The zero-order valence-electron chi connectivity index (χ0n) is 84.4. The first kappa shape index (κ1) is 115. The van der Waals surface area contributed by atoms with Crippen LogP contribution in [0.25, 0.3) is 10.1 Å². The lowest BCUT2D eigenvalue weighted by molar-refractivity contribution is -0.146. The second-order valence-electron chi connectivity index (χ2n) is 40.4. The quantitative estimate of drug-likeness (QED) is 0.0594. The zero-order chi connectivity index (χ0) is 108. The largest absolute Gasteiger partial charge is 0.481 e. The molecule has 3 aromatic carbocycles. The summed E-state index contributed by atoms with van der Waals surface area (Å²) in [7, 11) is 0. The predicted molar refractivity (Wildman–Crippen MR) is 545 cm³/mol. The number of nitrogens with zero attached hydrogens (tertiary/aromatic N) is 2. The number of carboxylic acids is 3. The maximum Gasteiger partial charge on any atom is 0.409 e. The third-order valence-electron chi connectivity index (χ3n) is 27.7. The number of amides is 18. The van der Waals surface area contributed by atoms with Crippen LogP contribution in [0.5, 0.6) is 0 Å². The molecule has 4 fully saturated rings. The number of carbonyl (C=O) groups is 21. The van der Waals surface area contributed by atoms with Crippen molar-refractivity contribution in [3.8, 4) is 0 Å². The summed E-state index contributed by atoms with van der Waals surface area (Å²) in [4.78, 5) is 311. The molecular weight excluding hydrogens is 1970 g/mol. The first-order chi connectivity index (χ1) is 70.9. The van der Waals surface area contributed by atoms with Crippen LogP contribution in [0, 0.1) is 5.41 Å². The number of carboxylic acid groups (broad SMARTS) is 3. The highest BCUT2D eigenvalue weighted by Crippen LogP contribution is 2.37. The summed E-state index contributed by atoms with van der Waals surface area (Å²) >= 11 is 2.61. The number of nitrogens with two attached hydrogens (primary N) is 1. The lowest BCUT2D eigenvalue weighted by Crippen LogP contribution is -2.67. The number of likely N-dealkylation sites (tertiary alicyclic amines) is 1. The fourth-order valence-electron chi connectivity index (χ4n) is 19.5. The molecular formula is C104H136N18O25S2. The molecule has 18 amide bonds. The van der Waals surface area contributed by atoms with E-state index in [9.17, 15) is 63.3 Å². The molecule has 4 spiro atoms. The SMILES string of the molecule is CC(=O)N1CCC[C@]12C/C=C/CCC[C@]1(CCC/C=C\CCCOC(=O)N3CC[C@@]4(C3)NC(=O)[C@H](CCCCNC(=O)CC[C@@H](C(=O)N[C@@H](C)C(N)=O)NC(=O)[C@H](Cc3csc5ccccc35)NC(=O)[C@H](Cc3ccsc3)NC4=O)NC(=O)[C@H](Cc3ccccc3)NC(=O)[C@H](C)NC(=O)C3(CCCC3)NC(=O)[C@H](Cc3cccc(C(=O)O)c3)NC(=O)[C@H](CC(=O)O)NC1=O)NC(=O)[C@H](CC(C)(C)C)NC(=O)[C@H](CC(=O)O)NC2=O. The first-order valence-electron chi connectivity index (χ1n) is 50.5. The number of rotatable bonds is 17. The van der Waals surface area contributed by atoms with Gasteiger partial charge < -0.3 is 115 Å². The van der Waals surface area contributed by atoms with Crippen LogP contribution in [0.1, 0.15) is 228 Å². The molecule has 20 N–H and O–H groups in total. The molecule has 14 atom stereocenters. The monoisotopic (exact) mass is 2100 g/mol. The van der Waals surface area contributed by atoms with Crippen molar-refractivity contribution in [2.75, 3.05) is 32.8 Å². The van der Waals surface area contributed by atoms with Crippen molar-refractivity contribution in [1.29, 1.82) is 0 Å². The van der Waals surface area contributed by atoms with Crippen LogP contribution in [-0.2, 0) is 122 Å². The van der Waals surface area contributed by atoms with Gasteiger partial charge in [-0.1, -0.05) is 119 Å². The van der Waals surface area contributed by atoms with E-state index in [1.165, 1.54) is 72.6 Å². The van der Waals surface area contributed by atoms with E-state index < -0.39 is 251 Å². The number of benzene rings is 3. The van der Waals surface area contributed by atoms with Gasteiger partial charge >= 0.3 is 24.0 Å². The molecule has 0 radical (unpaired) electrons. The molecule has 1 saturated carbocycles. The molecule has 1 aliphatic carbocycles. The van der Waals surface area contributed by atoms with Crippen LogP contribution in [-0.4, -0.2) is 271 Å². The van der Waals surface area contributed by atoms with E-state index in [-0.39, 0.29) is 185 Å². The van der Waals surface area contributed by atoms with Crippen LogP contribution in [0.15, 0.2) is 125 Å². The van der Waals surface area contributed by atoms with E-state index in [1.54, 1.807) is 104 Å². The molecule has 6 aliphatic rings. The van der Waals surface area contributed by atoms with Crippen LogP contribution in [0.3, 0.4) is 0 Å². The molecule has 5 aromatic rings. The van der Waals surface area contributed by atoms with Gasteiger partial charge in [0.15, 0.2) is 0 Å². The van der Waals surface area contributed by atoms with E-state index in [0.717, 1.165) is 15.0 Å². The minimum Gasteiger partial charge on any atom is -0.481 e.